The number of phenolic OH excluding ortho intramolecular Hbond substituents is 2. The Morgan fingerprint density at radius 1 is 1.06 bits per heavy atom. The van der Waals surface area contributed by atoms with E-state index in [2.05, 4.69) is 5.48 Å². The molecule has 1 aromatic carbocycles. The summed E-state index contributed by atoms with van der Waals surface area (Å²) in [5.74, 6) is -1.45. The van der Waals surface area contributed by atoms with Crippen molar-refractivity contribution in [1.29, 1.82) is 0 Å². The molecule has 0 fully saturated rings. The molecule has 0 saturated carbocycles. The van der Waals surface area contributed by atoms with E-state index in [1.54, 1.807) is 11.0 Å². The van der Waals surface area contributed by atoms with Crippen LogP contribution >= 0.6 is 0 Å². The number of hydroxylamine groups is 1. The number of nitrogens with one attached hydrogen (secondary N) is 1. The third-order valence-electron chi connectivity index (χ3n) is 4.69. The zero-order chi connectivity index (χ0) is 22.1. The first kappa shape index (κ1) is 22.2. The lowest BCUT2D eigenvalue weighted by atomic mass is 10.0. The number of rotatable bonds is 4. The highest BCUT2D eigenvalue weighted by molar-refractivity contribution is 5.97. The number of hydrogen-bond acceptors (Lipinski definition) is 7. The lowest BCUT2D eigenvalue weighted by Gasteiger charge is -2.16. The number of hydrogen-bond donors (Lipinski definition) is 3. The summed E-state index contributed by atoms with van der Waals surface area (Å²) in [6.45, 7) is 1.13. The van der Waals surface area contributed by atoms with Crippen LogP contribution in [0.1, 0.15) is 35.2 Å². The highest BCUT2D eigenvalue weighted by Crippen LogP contribution is 2.29. The van der Waals surface area contributed by atoms with E-state index >= 15 is 0 Å². The normalized spacial score (nSPS) is 18.6. The van der Waals surface area contributed by atoms with Gasteiger partial charge < -0.3 is 19.8 Å². The number of esters is 1. The molecular formula is C23H26N2O6. The molecule has 2 aliphatic heterocycles. The molecular weight excluding hydrogens is 400 g/mol. The number of cyclic esters (lactones) is 1. The number of benzene rings is 1. The van der Waals surface area contributed by atoms with Gasteiger partial charge in [0.2, 0.25) is 0 Å². The van der Waals surface area contributed by atoms with Gasteiger partial charge >= 0.3 is 5.97 Å². The number of ether oxygens (including phenoxy) is 1. The molecule has 31 heavy (non-hydrogen) atoms. The Kier molecular flexibility index (Phi) is 7.89. The lowest BCUT2D eigenvalue weighted by Crippen LogP contribution is -2.33. The molecule has 1 amide bonds. The van der Waals surface area contributed by atoms with E-state index < -0.39 is 5.97 Å². The van der Waals surface area contributed by atoms with Gasteiger partial charge in [-0.05, 0) is 43.0 Å². The standard InChI is InChI=1S/C23H26N2O6/c26-19-14-17-13-18(24-31-16-21(28)25-10-6-7-11-25)9-5-3-1-2-4-8-12-30-23(29)22(17)20(27)15-19/h2,4-7,9,13-15,24,26-27H,1,3,8,10-12,16H2/b4-2?,9-5?,18-13-. The van der Waals surface area contributed by atoms with E-state index in [0.717, 1.165) is 18.9 Å². The fourth-order valence-corrected chi connectivity index (χ4v) is 3.13. The molecule has 164 valence electrons. The van der Waals surface area contributed by atoms with Crippen molar-refractivity contribution in [2.45, 2.75) is 19.3 Å². The minimum absolute atomic E-state index is 0.0641. The molecule has 0 aromatic heterocycles. The number of carbonyl (C=O) groups is 2. The molecule has 2 aliphatic rings. The van der Waals surface area contributed by atoms with Gasteiger partial charge in [-0.25, -0.2) is 4.79 Å². The second-order valence-corrected chi connectivity index (χ2v) is 7.07. The molecule has 8 heteroatoms. The topological polar surface area (TPSA) is 108 Å². The Balaban J connectivity index is 1.82. The second kappa shape index (κ2) is 11.0. The minimum atomic E-state index is -0.699. The molecule has 8 nitrogen and oxygen atoms in total. The molecule has 0 saturated heterocycles. The highest BCUT2D eigenvalue weighted by atomic mass is 16.6. The summed E-state index contributed by atoms with van der Waals surface area (Å²) in [5, 5.41) is 20.1. The number of aromatic hydroxyl groups is 2. The monoisotopic (exact) mass is 426 g/mol. The number of allylic oxidation sites excluding steroid dienone is 3. The van der Waals surface area contributed by atoms with Crippen molar-refractivity contribution in [3.63, 3.8) is 0 Å². The minimum Gasteiger partial charge on any atom is -0.508 e. The molecule has 0 bridgehead atoms. The summed E-state index contributed by atoms with van der Waals surface area (Å²) in [4.78, 5) is 31.7. The lowest BCUT2D eigenvalue weighted by molar-refractivity contribution is -0.136. The zero-order valence-electron chi connectivity index (χ0n) is 17.1. The molecule has 0 atom stereocenters. The van der Waals surface area contributed by atoms with Crippen LogP contribution in [0.5, 0.6) is 11.5 Å². The molecule has 0 spiro atoms. The van der Waals surface area contributed by atoms with E-state index in [1.807, 2.05) is 30.4 Å². The van der Waals surface area contributed by atoms with Crippen molar-refractivity contribution in [2.24, 2.45) is 0 Å². The molecule has 3 N–H and O–H groups in total. The number of amides is 1. The van der Waals surface area contributed by atoms with Gasteiger partial charge in [-0.15, -0.1) is 0 Å². The molecule has 2 heterocycles. The third kappa shape index (κ3) is 6.48. The molecule has 0 radical (unpaired) electrons. The Morgan fingerprint density at radius 2 is 1.81 bits per heavy atom. The van der Waals surface area contributed by atoms with Gasteiger partial charge in [-0.3, -0.25) is 15.1 Å². The Morgan fingerprint density at radius 3 is 2.61 bits per heavy atom. The number of carbonyl (C=O) groups excluding carboxylic acids is 2. The van der Waals surface area contributed by atoms with Gasteiger partial charge in [0, 0.05) is 19.2 Å². The van der Waals surface area contributed by atoms with Crippen LogP contribution in [-0.4, -0.2) is 53.3 Å². The maximum absolute atomic E-state index is 12.5. The molecule has 0 unspecified atom stereocenters. The van der Waals surface area contributed by atoms with Crippen LogP contribution in [-0.2, 0) is 14.4 Å². The number of nitrogens with zero attached hydrogens (tertiary/aromatic N) is 1. The predicted octanol–water partition coefficient (Wildman–Crippen LogP) is 2.81. The SMILES string of the molecule is O=C1OCCC=CCCC=C/C(NOCC(=O)N2CC=CC2)=C/c2cc(O)cc(O)c21. The van der Waals surface area contributed by atoms with Gasteiger partial charge in [-0.1, -0.05) is 30.4 Å². The van der Waals surface area contributed by atoms with Crippen molar-refractivity contribution in [1.82, 2.24) is 10.4 Å². The van der Waals surface area contributed by atoms with E-state index in [-0.39, 0.29) is 41.7 Å². The van der Waals surface area contributed by atoms with Crippen LogP contribution < -0.4 is 5.48 Å². The van der Waals surface area contributed by atoms with E-state index in [1.165, 1.54) is 12.1 Å². The first-order chi connectivity index (χ1) is 15.0. The van der Waals surface area contributed by atoms with Crippen LogP contribution in [0.3, 0.4) is 0 Å². The maximum Gasteiger partial charge on any atom is 0.342 e. The van der Waals surface area contributed by atoms with Gasteiger partial charge in [0.05, 0.1) is 12.3 Å². The predicted molar refractivity (Wildman–Crippen MR) is 115 cm³/mol. The largest absolute Gasteiger partial charge is 0.508 e. The van der Waals surface area contributed by atoms with Crippen LogP contribution in [0.25, 0.3) is 6.08 Å². The molecule has 1 aromatic rings. The van der Waals surface area contributed by atoms with Crippen molar-refractivity contribution in [3.05, 3.63) is 65.4 Å². The average molecular weight is 426 g/mol. The van der Waals surface area contributed by atoms with Crippen molar-refractivity contribution < 1.29 is 29.4 Å². The van der Waals surface area contributed by atoms with Crippen molar-refractivity contribution in [2.75, 3.05) is 26.3 Å². The van der Waals surface area contributed by atoms with Crippen LogP contribution in [0.15, 0.2) is 54.3 Å². The summed E-state index contributed by atoms with van der Waals surface area (Å²) >= 11 is 0. The smallest absolute Gasteiger partial charge is 0.342 e. The van der Waals surface area contributed by atoms with E-state index in [9.17, 15) is 19.8 Å². The van der Waals surface area contributed by atoms with Crippen LogP contribution in [0, 0.1) is 0 Å². The number of fused-ring (bicyclic) bond motifs is 1. The fourth-order valence-electron chi connectivity index (χ4n) is 3.13. The summed E-state index contributed by atoms with van der Waals surface area (Å²) in [7, 11) is 0. The van der Waals surface area contributed by atoms with E-state index in [0.29, 0.717) is 25.2 Å². The highest BCUT2D eigenvalue weighted by Gasteiger charge is 2.19. The Labute approximate surface area is 180 Å². The Hall–Kier alpha value is -3.52. The fraction of sp³-hybridized carbons (Fsp3) is 0.304. The number of phenols is 2. The van der Waals surface area contributed by atoms with E-state index in [4.69, 9.17) is 9.57 Å². The average Bonchev–Trinajstić information content (AvgIpc) is 3.26. The zero-order valence-corrected chi connectivity index (χ0v) is 17.1. The Bertz CT molecular complexity index is 924. The molecule has 0 aliphatic carbocycles. The first-order valence-electron chi connectivity index (χ1n) is 10.1. The van der Waals surface area contributed by atoms with Gasteiger partial charge in [0.1, 0.15) is 17.1 Å². The summed E-state index contributed by atoms with van der Waals surface area (Å²) in [5.41, 5.74) is 3.35. The van der Waals surface area contributed by atoms with Gasteiger partial charge in [-0.2, -0.15) is 0 Å². The van der Waals surface area contributed by atoms with Crippen molar-refractivity contribution in [3.8, 4) is 11.5 Å². The van der Waals surface area contributed by atoms with Gasteiger partial charge in [0.25, 0.3) is 5.91 Å². The maximum atomic E-state index is 12.5. The first-order valence-corrected chi connectivity index (χ1v) is 10.1. The molecule has 3 rings (SSSR count). The van der Waals surface area contributed by atoms with Crippen molar-refractivity contribution >= 4 is 18.0 Å². The quantitative estimate of drug-likeness (QED) is 0.386. The van der Waals surface area contributed by atoms with Gasteiger partial charge in [0.15, 0.2) is 6.61 Å². The third-order valence-corrected chi connectivity index (χ3v) is 4.69. The summed E-state index contributed by atoms with van der Waals surface area (Å²) < 4.78 is 5.25. The van der Waals surface area contributed by atoms with Crippen LogP contribution in [0.4, 0.5) is 0 Å². The summed E-state index contributed by atoms with van der Waals surface area (Å²) in [6.07, 6.45) is 15.1. The summed E-state index contributed by atoms with van der Waals surface area (Å²) in [6, 6.07) is 2.43. The van der Waals surface area contributed by atoms with Crippen LogP contribution in [0.2, 0.25) is 0 Å². The second-order valence-electron chi connectivity index (χ2n) is 7.07.